The normalized spacial score (nSPS) is 11.5. The quantitative estimate of drug-likeness (QED) is 0.516. The van der Waals surface area contributed by atoms with Crippen LogP contribution in [0.2, 0.25) is 0 Å². The van der Waals surface area contributed by atoms with Crippen molar-refractivity contribution in [2.75, 3.05) is 18.4 Å². The van der Waals surface area contributed by atoms with E-state index in [4.69, 9.17) is 0 Å². The zero-order chi connectivity index (χ0) is 17.0. The Balaban J connectivity index is 1.57. The lowest BCUT2D eigenvalue weighted by atomic mass is 10.5. The van der Waals surface area contributed by atoms with Crippen LogP contribution in [-0.2, 0) is 10.0 Å². The first kappa shape index (κ1) is 16.1. The SMILES string of the molecule is Cc1nccn1-c1cc(NCCNS(=O)(=O)c2cnc[nH]2)ncn1. The molecule has 3 heterocycles. The number of aromatic nitrogens is 6. The zero-order valence-electron chi connectivity index (χ0n) is 12.8. The molecule has 0 aliphatic rings. The van der Waals surface area contributed by atoms with E-state index in [1.807, 2.05) is 11.5 Å². The van der Waals surface area contributed by atoms with E-state index in [0.29, 0.717) is 18.2 Å². The third kappa shape index (κ3) is 3.58. The van der Waals surface area contributed by atoms with Crippen molar-refractivity contribution < 1.29 is 8.42 Å². The van der Waals surface area contributed by atoms with Gasteiger partial charge in [0.25, 0.3) is 10.0 Å². The number of rotatable bonds is 7. The number of aryl methyl sites for hydroxylation is 1. The number of nitrogens with zero attached hydrogens (tertiary/aromatic N) is 5. The van der Waals surface area contributed by atoms with E-state index >= 15 is 0 Å². The van der Waals surface area contributed by atoms with Gasteiger partial charge >= 0.3 is 0 Å². The smallest absolute Gasteiger partial charge is 0.257 e. The summed E-state index contributed by atoms with van der Waals surface area (Å²) in [5, 5.41) is 3.08. The molecule has 24 heavy (non-hydrogen) atoms. The monoisotopic (exact) mass is 348 g/mol. The molecule has 0 atom stereocenters. The van der Waals surface area contributed by atoms with Gasteiger partial charge in [-0.25, -0.2) is 33.1 Å². The first-order valence-corrected chi connectivity index (χ1v) is 8.59. The molecule has 0 saturated carbocycles. The second-order valence-electron chi connectivity index (χ2n) is 4.85. The summed E-state index contributed by atoms with van der Waals surface area (Å²) in [4.78, 5) is 18.7. The van der Waals surface area contributed by atoms with Crippen molar-refractivity contribution in [3.8, 4) is 5.82 Å². The van der Waals surface area contributed by atoms with Crippen LogP contribution in [0.15, 0.2) is 42.3 Å². The molecule has 0 saturated heterocycles. The molecule has 3 N–H and O–H groups in total. The molecule has 0 spiro atoms. The third-order valence-corrected chi connectivity index (χ3v) is 4.60. The second kappa shape index (κ2) is 6.76. The summed E-state index contributed by atoms with van der Waals surface area (Å²) in [5.41, 5.74) is 0. The largest absolute Gasteiger partial charge is 0.369 e. The lowest BCUT2D eigenvalue weighted by molar-refractivity contribution is 0.579. The average molecular weight is 348 g/mol. The van der Waals surface area contributed by atoms with Crippen LogP contribution >= 0.6 is 0 Å². The number of hydrogen-bond donors (Lipinski definition) is 3. The fraction of sp³-hybridized carbons (Fsp3) is 0.231. The maximum absolute atomic E-state index is 11.9. The topological polar surface area (TPSA) is 130 Å². The predicted octanol–water partition coefficient (Wildman–Crippen LogP) is 0.0842. The molecule has 0 aliphatic carbocycles. The fourth-order valence-electron chi connectivity index (χ4n) is 2.04. The molecule has 0 radical (unpaired) electrons. The summed E-state index contributed by atoms with van der Waals surface area (Å²) in [6.45, 7) is 2.44. The minimum Gasteiger partial charge on any atom is -0.369 e. The van der Waals surface area contributed by atoms with Gasteiger partial charge in [0.05, 0.1) is 12.5 Å². The molecule has 0 fully saturated rings. The van der Waals surface area contributed by atoms with Crippen molar-refractivity contribution in [3.63, 3.8) is 0 Å². The van der Waals surface area contributed by atoms with Crippen LogP contribution in [0.1, 0.15) is 5.82 Å². The average Bonchev–Trinajstić information content (AvgIpc) is 3.23. The Labute approximate surface area is 138 Å². The highest BCUT2D eigenvalue weighted by Gasteiger charge is 2.14. The molecular weight excluding hydrogens is 332 g/mol. The highest BCUT2D eigenvalue weighted by Crippen LogP contribution is 2.10. The molecule has 0 aromatic carbocycles. The number of aromatic amines is 1. The standard InChI is InChI=1S/C13H16N8O2S/c1-10-15-4-5-21(10)12-6-11(17-9-18-12)16-2-3-20-24(22,23)13-7-14-8-19-13/h4-9,20H,2-3H2,1H3,(H,14,19)(H,16,17,18). The molecule has 3 aromatic rings. The predicted molar refractivity (Wildman–Crippen MR) is 86.2 cm³/mol. The highest BCUT2D eigenvalue weighted by molar-refractivity contribution is 7.89. The van der Waals surface area contributed by atoms with Gasteiger partial charge in [-0.05, 0) is 6.92 Å². The third-order valence-electron chi connectivity index (χ3n) is 3.21. The van der Waals surface area contributed by atoms with E-state index in [9.17, 15) is 8.42 Å². The van der Waals surface area contributed by atoms with Crippen LogP contribution in [0.4, 0.5) is 5.82 Å². The van der Waals surface area contributed by atoms with Crippen LogP contribution in [-0.4, -0.2) is 51.0 Å². The summed E-state index contributed by atoms with van der Waals surface area (Å²) in [5.74, 6) is 2.08. The van der Waals surface area contributed by atoms with Crippen molar-refractivity contribution in [1.29, 1.82) is 0 Å². The van der Waals surface area contributed by atoms with Gasteiger partial charge in [0.2, 0.25) is 0 Å². The van der Waals surface area contributed by atoms with Crippen LogP contribution in [0.3, 0.4) is 0 Å². The Morgan fingerprint density at radius 3 is 2.83 bits per heavy atom. The van der Waals surface area contributed by atoms with Crippen LogP contribution in [0, 0.1) is 6.92 Å². The summed E-state index contributed by atoms with van der Waals surface area (Å²) in [6, 6.07) is 1.76. The molecule has 0 aliphatic heterocycles. The number of hydrogen-bond acceptors (Lipinski definition) is 7. The van der Waals surface area contributed by atoms with Gasteiger partial charge in [-0.1, -0.05) is 0 Å². The fourth-order valence-corrected chi connectivity index (χ4v) is 2.97. The molecule has 11 heteroatoms. The maximum atomic E-state index is 11.9. The Bertz CT molecular complexity index is 904. The van der Waals surface area contributed by atoms with Crippen molar-refractivity contribution in [2.24, 2.45) is 0 Å². The van der Waals surface area contributed by atoms with E-state index in [2.05, 4.69) is 35.0 Å². The van der Waals surface area contributed by atoms with E-state index in [1.165, 1.54) is 18.9 Å². The second-order valence-corrected chi connectivity index (χ2v) is 6.58. The van der Waals surface area contributed by atoms with Crippen LogP contribution < -0.4 is 10.0 Å². The Kier molecular flexibility index (Phi) is 4.53. The molecule has 3 aromatic heterocycles. The lowest BCUT2D eigenvalue weighted by Gasteiger charge is -2.09. The molecule has 0 amide bonds. The number of nitrogens with one attached hydrogen (secondary N) is 3. The van der Waals surface area contributed by atoms with Gasteiger partial charge in [-0.3, -0.25) is 4.57 Å². The van der Waals surface area contributed by atoms with Gasteiger partial charge in [0.15, 0.2) is 5.03 Å². The van der Waals surface area contributed by atoms with Crippen molar-refractivity contribution >= 4 is 15.8 Å². The van der Waals surface area contributed by atoms with E-state index in [0.717, 1.165) is 5.82 Å². The van der Waals surface area contributed by atoms with Gasteiger partial charge in [0.1, 0.15) is 23.8 Å². The molecule has 10 nitrogen and oxygen atoms in total. The van der Waals surface area contributed by atoms with Crippen molar-refractivity contribution in [2.45, 2.75) is 11.9 Å². The zero-order valence-corrected chi connectivity index (χ0v) is 13.7. The van der Waals surface area contributed by atoms with Gasteiger partial charge < -0.3 is 10.3 Å². The van der Waals surface area contributed by atoms with E-state index in [1.54, 1.807) is 18.5 Å². The highest BCUT2D eigenvalue weighted by atomic mass is 32.2. The molecular formula is C13H16N8O2S. The van der Waals surface area contributed by atoms with Crippen molar-refractivity contribution in [1.82, 2.24) is 34.2 Å². The maximum Gasteiger partial charge on any atom is 0.257 e. The summed E-state index contributed by atoms with van der Waals surface area (Å²) in [6.07, 6.45) is 7.49. The first-order valence-electron chi connectivity index (χ1n) is 7.10. The minimum absolute atomic E-state index is 0.0300. The summed E-state index contributed by atoms with van der Waals surface area (Å²) < 4.78 is 28.1. The Hall–Kier alpha value is -2.79. The van der Waals surface area contributed by atoms with Crippen molar-refractivity contribution in [3.05, 3.63) is 43.1 Å². The summed E-state index contributed by atoms with van der Waals surface area (Å²) in [7, 11) is -3.57. The lowest BCUT2D eigenvalue weighted by Crippen LogP contribution is -2.29. The van der Waals surface area contributed by atoms with Gasteiger partial charge in [-0.2, -0.15) is 0 Å². The number of sulfonamides is 1. The number of H-pyrrole nitrogens is 1. The van der Waals surface area contributed by atoms with Gasteiger partial charge in [0, 0.05) is 31.5 Å². The van der Waals surface area contributed by atoms with E-state index in [-0.39, 0.29) is 11.6 Å². The number of imidazole rings is 2. The minimum atomic E-state index is -3.57. The molecule has 0 unspecified atom stereocenters. The Morgan fingerprint density at radius 2 is 2.12 bits per heavy atom. The first-order chi connectivity index (χ1) is 11.6. The molecule has 0 bridgehead atoms. The Morgan fingerprint density at radius 1 is 1.25 bits per heavy atom. The summed E-state index contributed by atoms with van der Waals surface area (Å²) >= 11 is 0. The molecule has 126 valence electrons. The van der Waals surface area contributed by atoms with Gasteiger partial charge in [-0.15, -0.1) is 0 Å². The molecule has 3 rings (SSSR count). The number of anilines is 1. The van der Waals surface area contributed by atoms with Crippen LogP contribution in [0.5, 0.6) is 0 Å². The van der Waals surface area contributed by atoms with E-state index < -0.39 is 10.0 Å². The van der Waals surface area contributed by atoms with Crippen LogP contribution in [0.25, 0.3) is 5.82 Å².